The summed E-state index contributed by atoms with van der Waals surface area (Å²) in [5.41, 5.74) is 7.70. The Labute approximate surface area is 199 Å². The monoisotopic (exact) mass is 482 g/mol. The molecule has 35 heavy (non-hydrogen) atoms. The summed E-state index contributed by atoms with van der Waals surface area (Å²) in [6.07, 6.45) is 0.978. The van der Waals surface area contributed by atoms with Crippen molar-refractivity contribution in [3.63, 3.8) is 0 Å². The number of nitrogens with two attached hydrogens (primary N) is 1. The van der Waals surface area contributed by atoms with Crippen LogP contribution in [0.2, 0.25) is 0 Å². The molecule has 8 N–H and O–H groups in total. The Morgan fingerprint density at radius 2 is 1.54 bits per heavy atom. The van der Waals surface area contributed by atoms with E-state index in [1.165, 1.54) is 12.1 Å². The van der Waals surface area contributed by atoms with Crippen LogP contribution in [0.1, 0.15) is 17.5 Å². The molecule has 3 aromatic rings. The van der Waals surface area contributed by atoms with Crippen LogP contribution in [0.3, 0.4) is 0 Å². The van der Waals surface area contributed by atoms with Gasteiger partial charge in [-0.25, -0.2) is 4.79 Å². The minimum atomic E-state index is -1.40. The lowest BCUT2D eigenvalue weighted by molar-refractivity contribution is -0.142. The first-order valence-corrected chi connectivity index (χ1v) is 10.8. The minimum absolute atomic E-state index is 0.00642. The second-order valence-electron chi connectivity index (χ2n) is 8.10. The highest BCUT2D eigenvalue weighted by atomic mass is 16.4. The van der Waals surface area contributed by atoms with Crippen LogP contribution in [-0.2, 0) is 32.0 Å². The average molecular weight is 482 g/mol. The van der Waals surface area contributed by atoms with Gasteiger partial charge in [-0.05, 0) is 29.3 Å². The van der Waals surface area contributed by atoms with Gasteiger partial charge >= 0.3 is 11.9 Å². The van der Waals surface area contributed by atoms with Crippen LogP contribution >= 0.6 is 0 Å². The Bertz CT molecular complexity index is 1220. The summed E-state index contributed by atoms with van der Waals surface area (Å²) < 4.78 is 0. The fraction of sp³-hybridized carbons (Fsp3) is 0.250. The van der Waals surface area contributed by atoms with Crippen LogP contribution in [0.4, 0.5) is 0 Å². The maximum absolute atomic E-state index is 13.1. The van der Waals surface area contributed by atoms with E-state index in [0.717, 1.165) is 10.9 Å². The molecular formula is C24H26N4O7. The van der Waals surface area contributed by atoms with E-state index in [9.17, 15) is 29.4 Å². The highest BCUT2D eigenvalue weighted by Crippen LogP contribution is 2.19. The number of amides is 2. The summed E-state index contributed by atoms with van der Waals surface area (Å²) in [4.78, 5) is 51.4. The van der Waals surface area contributed by atoms with Gasteiger partial charge in [0.1, 0.15) is 17.8 Å². The number of phenolic OH excluding ortho intramolecular Hbond substituents is 1. The van der Waals surface area contributed by atoms with Crippen molar-refractivity contribution in [3.05, 3.63) is 65.9 Å². The zero-order valence-electron chi connectivity index (χ0n) is 18.6. The van der Waals surface area contributed by atoms with Crippen molar-refractivity contribution in [1.82, 2.24) is 15.6 Å². The number of aliphatic carboxylic acids is 2. The van der Waals surface area contributed by atoms with E-state index in [2.05, 4.69) is 15.6 Å². The molecule has 3 rings (SSSR count). The Morgan fingerprint density at radius 1 is 0.886 bits per heavy atom. The van der Waals surface area contributed by atoms with E-state index in [0.29, 0.717) is 11.1 Å². The van der Waals surface area contributed by atoms with Crippen molar-refractivity contribution in [2.24, 2.45) is 5.73 Å². The number of carboxylic acids is 2. The van der Waals surface area contributed by atoms with Crippen LogP contribution in [-0.4, -0.2) is 62.2 Å². The van der Waals surface area contributed by atoms with E-state index in [4.69, 9.17) is 10.8 Å². The molecule has 3 unspecified atom stereocenters. The average Bonchev–Trinajstić information content (AvgIpc) is 3.21. The van der Waals surface area contributed by atoms with Crippen LogP contribution in [0.5, 0.6) is 5.75 Å². The normalized spacial score (nSPS) is 13.5. The van der Waals surface area contributed by atoms with Crippen molar-refractivity contribution in [3.8, 4) is 5.75 Å². The predicted octanol–water partition coefficient (Wildman–Crippen LogP) is 0.515. The molecule has 0 fully saturated rings. The van der Waals surface area contributed by atoms with Crippen LogP contribution < -0.4 is 16.4 Å². The molecular weight excluding hydrogens is 456 g/mol. The van der Waals surface area contributed by atoms with Gasteiger partial charge in [0.05, 0.1) is 12.5 Å². The van der Waals surface area contributed by atoms with E-state index in [-0.39, 0.29) is 18.6 Å². The number of carboxylic acid groups (broad SMARTS) is 2. The maximum Gasteiger partial charge on any atom is 0.326 e. The number of fused-ring (bicyclic) bond motifs is 1. The van der Waals surface area contributed by atoms with Gasteiger partial charge in [-0.2, -0.15) is 0 Å². The summed E-state index contributed by atoms with van der Waals surface area (Å²) in [5.74, 6) is -4.18. The summed E-state index contributed by atoms with van der Waals surface area (Å²) in [6.45, 7) is 0. The van der Waals surface area contributed by atoms with Crippen LogP contribution in [0.25, 0.3) is 10.9 Å². The number of rotatable bonds is 11. The van der Waals surface area contributed by atoms with Gasteiger partial charge in [0.15, 0.2) is 0 Å². The third kappa shape index (κ3) is 6.81. The van der Waals surface area contributed by atoms with E-state index in [1.54, 1.807) is 18.3 Å². The summed E-state index contributed by atoms with van der Waals surface area (Å²) >= 11 is 0. The highest BCUT2D eigenvalue weighted by molar-refractivity contribution is 5.93. The molecule has 0 aliphatic heterocycles. The van der Waals surface area contributed by atoms with Crippen molar-refractivity contribution in [2.45, 2.75) is 37.4 Å². The summed E-state index contributed by atoms with van der Waals surface area (Å²) in [5, 5.41) is 33.8. The number of phenols is 1. The Balaban J connectivity index is 1.79. The van der Waals surface area contributed by atoms with Gasteiger partial charge in [-0.1, -0.05) is 30.3 Å². The fourth-order valence-electron chi connectivity index (χ4n) is 3.63. The smallest absolute Gasteiger partial charge is 0.326 e. The number of benzene rings is 2. The maximum atomic E-state index is 13.1. The van der Waals surface area contributed by atoms with E-state index in [1.807, 2.05) is 24.3 Å². The molecule has 2 amide bonds. The first kappa shape index (κ1) is 25.2. The topological polar surface area (TPSA) is 195 Å². The molecule has 184 valence electrons. The lowest BCUT2D eigenvalue weighted by Gasteiger charge is -2.23. The third-order valence-corrected chi connectivity index (χ3v) is 5.45. The number of aromatic nitrogens is 1. The van der Waals surface area contributed by atoms with Crippen molar-refractivity contribution >= 4 is 34.7 Å². The molecule has 0 bridgehead atoms. The van der Waals surface area contributed by atoms with E-state index < -0.39 is 48.3 Å². The third-order valence-electron chi connectivity index (χ3n) is 5.45. The second kappa shape index (κ2) is 11.2. The van der Waals surface area contributed by atoms with Gasteiger partial charge in [0.2, 0.25) is 11.8 Å². The summed E-state index contributed by atoms with van der Waals surface area (Å²) in [7, 11) is 0. The molecule has 2 aromatic carbocycles. The summed E-state index contributed by atoms with van der Waals surface area (Å²) in [6, 6.07) is 9.28. The van der Waals surface area contributed by atoms with Crippen molar-refractivity contribution in [1.29, 1.82) is 0 Å². The number of carbonyl (C=O) groups is 4. The zero-order valence-corrected chi connectivity index (χ0v) is 18.6. The SMILES string of the molecule is NC(CC(=O)O)C(=O)NC(Cc1ccc(O)cc1)C(=O)NC(Cc1c[nH]c2ccccc12)C(=O)O. The number of H-pyrrole nitrogens is 1. The molecule has 11 nitrogen and oxygen atoms in total. The largest absolute Gasteiger partial charge is 0.508 e. The zero-order chi connectivity index (χ0) is 25.5. The van der Waals surface area contributed by atoms with Gasteiger partial charge < -0.3 is 36.7 Å². The highest BCUT2D eigenvalue weighted by Gasteiger charge is 2.29. The Hall–Kier alpha value is -4.38. The first-order chi connectivity index (χ1) is 16.6. The first-order valence-electron chi connectivity index (χ1n) is 10.8. The van der Waals surface area contributed by atoms with Crippen molar-refractivity contribution in [2.75, 3.05) is 0 Å². The standard InChI is InChI=1S/C24H26N4O7/c25-17(11-21(30)31)22(32)27-19(9-13-5-7-15(29)8-6-13)23(33)28-20(24(34)35)10-14-12-26-18-4-2-1-3-16(14)18/h1-8,12,17,19-20,26,29H,9-11,25H2,(H,27,32)(H,28,33)(H,30,31)(H,34,35). The number of carbonyl (C=O) groups excluding carboxylic acids is 2. The van der Waals surface area contributed by atoms with Gasteiger partial charge in [-0.15, -0.1) is 0 Å². The molecule has 1 aromatic heterocycles. The lowest BCUT2D eigenvalue weighted by atomic mass is 10.0. The van der Waals surface area contributed by atoms with Gasteiger partial charge in [0, 0.05) is 29.9 Å². The molecule has 0 radical (unpaired) electrons. The molecule has 0 saturated heterocycles. The fourth-order valence-corrected chi connectivity index (χ4v) is 3.63. The quantitative estimate of drug-likeness (QED) is 0.205. The molecule has 0 aliphatic carbocycles. The number of aromatic hydroxyl groups is 1. The van der Waals surface area contributed by atoms with Gasteiger partial charge in [0.25, 0.3) is 0 Å². The molecule has 0 spiro atoms. The molecule has 0 saturated carbocycles. The molecule has 1 heterocycles. The number of para-hydroxylation sites is 1. The van der Waals surface area contributed by atoms with Gasteiger partial charge in [-0.3, -0.25) is 14.4 Å². The Kier molecular flexibility index (Phi) is 8.05. The number of aromatic amines is 1. The van der Waals surface area contributed by atoms with Crippen LogP contribution in [0, 0.1) is 0 Å². The lowest BCUT2D eigenvalue weighted by Crippen LogP contribution is -2.55. The van der Waals surface area contributed by atoms with E-state index >= 15 is 0 Å². The number of nitrogens with one attached hydrogen (secondary N) is 3. The minimum Gasteiger partial charge on any atom is -0.508 e. The number of hydrogen-bond acceptors (Lipinski definition) is 6. The Morgan fingerprint density at radius 3 is 2.20 bits per heavy atom. The molecule has 11 heteroatoms. The van der Waals surface area contributed by atoms with Crippen LogP contribution in [0.15, 0.2) is 54.7 Å². The second-order valence-corrected chi connectivity index (χ2v) is 8.10. The number of hydrogen-bond donors (Lipinski definition) is 7. The molecule has 0 aliphatic rings. The van der Waals surface area contributed by atoms with Crippen molar-refractivity contribution < 1.29 is 34.5 Å². The predicted molar refractivity (Wildman–Crippen MR) is 126 cm³/mol. The molecule has 3 atom stereocenters.